The first kappa shape index (κ1) is 17.8. The molecule has 10 heteroatoms. The number of rotatable bonds is 7. The van der Waals surface area contributed by atoms with Gasteiger partial charge in [0.2, 0.25) is 17.0 Å². The van der Waals surface area contributed by atoms with Gasteiger partial charge in [0.15, 0.2) is 0 Å². The summed E-state index contributed by atoms with van der Waals surface area (Å²) in [5.41, 5.74) is 7.33. The topological polar surface area (TPSA) is 139 Å². The average molecular weight is 374 g/mol. The third-order valence-corrected chi connectivity index (χ3v) is 4.58. The molecule has 0 aliphatic carbocycles. The van der Waals surface area contributed by atoms with Gasteiger partial charge in [-0.15, -0.1) is 5.10 Å². The zero-order valence-corrected chi connectivity index (χ0v) is 14.8. The van der Waals surface area contributed by atoms with Gasteiger partial charge in [-0.1, -0.05) is 30.0 Å². The number of anilines is 1. The summed E-state index contributed by atoms with van der Waals surface area (Å²) >= 11 is 1.12. The number of hydrogen-bond donors (Lipinski definition) is 4. The van der Waals surface area contributed by atoms with Crippen molar-refractivity contribution in [3.63, 3.8) is 0 Å². The summed E-state index contributed by atoms with van der Waals surface area (Å²) in [6.45, 7) is 0. The number of nitrogens with one attached hydrogen (secondary N) is 3. The van der Waals surface area contributed by atoms with Crippen LogP contribution in [-0.4, -0.2) is 50.9 Å². The molecule has 0 radical (unpaired) electrons. The molecule has 0 saturated carbocycles. The number of para-hydroxylation sites is 1. The zero-order chi connectivity index (χ0) is 18.5. The number of aromatic nitrogens is 4. The van der Waals surface area contributed by atoms with Crippen LogP contribution >= 0.6 is 11.8 Å². The molecule has 136 valence electrons. The fourth-order valence-electron chi connectivity index (χ4n) is 2.54. The molecule has 0 aliphatic heterocycles. The number of nitrogens with two attached hydrogens (primary N) is 1. The summed E-state index contributed by atoms with van der Waals surface area (Å²) in [5, 5.41) is 10.4. The fraction of sp³-hybridized carbons (Fsp3) is 0.250. The molecule has 1 aromatic carbocycles. The van der Waals surface area contributed by atoms with Gasteiger partial charge in [0.25, 0.3) is 0 Å². The van der Waals surface area contributed by atoms with Crippen LogP contribution < -0.4 is 11.1 Å². The molecule has 1 amide bonds. The van der Waals surface area contributed by atoms with E-state index in [1.54, 1.807) is 0 Å². The number of hydrogen-bond acceptors (Lipinski definition) is 7. The Morgan fingerprint density at radius 2 is 2.19 bits per heavy atom. The highest BCUT2D eigenvalue weighted by Gasteiger charge is 2.23. The summed E-state index contributed by atoms with van der Waals surface area (Å²) in [4.78, 5) is 31.3. The quantitative estimate of drug-likeness (QED) is 0.355. The van der Waals surface area contributed by atoms with Crippen molar-refractivity contribution < 1.29 is 14.3 Å². The Kier molecular flexibility index (Phi) is 5.42. The summed E-state index contributed by atoms with van der Waals surface area (Å²) in [6, 6.07) is 6.97. The maximum Gasteiger partial charge on any atom is 0.328 e. The number of carbonyl (C=O) groups excluding carboxylic acids is 2. The van der Waals surface area contributed by atoms with Gasteiger partial charge in [-0.25, -0.2) is 9.89 Å². The SMILES string of the molecule is COC(=O)[C@@H](Cc1c[nH]c2ccccc12)NC(=O)CSc1n[nH]c(N)n1. The molecule has 0 fully saturated rings. The number of thioether (sulfide) groups is 1. The molecule has 0 saturated heterocycles. The van der Waals surface area contributed by atoms with E-state index in [1.165, 1.54) is 7.11 Å². The van der Waals surface area contributed by atoms with Crippen molar-refractivity contribution in [3.8, 4) is 0 Å². The van der Waals surface area contributed by atoms with Crippen molar-refractivity contribution in [2.24, 2.45) is 0 Å². The molecule has 3 aromatic rings. The lowest BCUT2D eigenvalue weighted by Gasteiger charge is -2.16. The number of fused-ring (bicyclic) bond motifs is 1. The molecule has 2 heterocycles. The van der Waals surface area contributed by atoms with Crippen LogP contribution in [0.5, 0.6) is 0 Å². The van der Waals surface area contributed by atoms with E-state index in [0.29, 0.717) is 11.6 Å². The van der Waals surface area contributed by atoms with E-state index in [2.05, 4.69) is 25.5 Å². The van der Waals surface area contributed by atoms with Crippen molar-refractivity contribution in [2.75, 3.05) is 18.6 Å². The number of nitrogens with zero attached hydrogens (tertiary/aromatic N) is 2. The van der Waals surface area contributed by atoms with Gasteiger partial charge in [-0.2, -0.15) is 4.98 Å². The van der Waals surface area contributed by atoms with Crippen LogP contribution in [-0.2, 0) is 20.7 Å². The monoisotopic (exact) mass is 374 g/mol. The smallest absolute Gasteiger partial charge is 0.328 e. The summed E-state index contributed by atoms with van der Waals surface area (Å²) in [5.74, 6) is -0.595. The summed E-state index contributed by atoms with van der Waals surface area (Å²) in [6.07, 6.45) is 2.15. The first-order valence-electron chi connectivity index (χ1n) is 7.79. The standard InChI is InChI=1S/C16H18N6O3S/c1-25-14(24)12(6-9-7-18-11-5-3-2-4-10(9)11)19-13(23)8-26-16-20-15(17)21-22-16/h2-5,7,12,18H,6,8H2,1H3,(H,19,23)(H3,17,20,21,22)/t12-/m1/s1. The maximum atomic E-state index is 12.2. The number of nitrogen functional groups attached to an aromatic ring is 1. The number of aromatic amines is 2. The van der Waals surface area contributed by atoms with Gasteiger partial charge in [-0.05, 0) is 11.6 Å². The van der Waals surface area contributed by atoms with E-state index in [4.69, 9.17) is 10.5 Å². The molecule has 1 atom stereocenters. The first-order valence-corrected chi connectivity index (χ1v) is 8.78. The third-order valence-electron chi connectivity index (χ3n) is 3.73. The minimum absolute atomic E-state index is 0.0542. The zero-order valence-electron chi connectivity index (χ0n) is 14.0. The minimum atomic E-state index is -0.787. The highest BCUT2D eigenvalue weighted by molar-refractivity contribution is 7.99. The Morgan fingerprint density at radius 1 is 1.38 bits per heavy atom. The Hall–Kier alpha value is -3.01. The molecule has 0 unspecified atom stereocenters. The van der Waals surface area contributed by atoms with Crippen LogP contribution in [0.3, 0.4) is 0 Å². The van der Waals surface area contributed by atoms with E-state index in [9.17, 15) is 9.59 Å². The molecule has 9 nitrogen and oxygen atoms in total. The van der Waals surface area contributed by atoms with E-state index in [0.717, 1.165) is 28.2 Å². The predicted octanol–water partition coefficient (Wildman–Crippen LogP) is 0.861. The van der Waals surface area contributed by atoms with Gasteiger partial charge in [0.05, 0.1) is 12.9 Å². The molecule has 26 heavy (non-hydrogen) atoms. The normalized spacial score (nSPS) is 12.0. The molecule has 3 rings (SSSR count). The van der Waals surface area contributed by atoms with Crippen LogP contribution in [0.4, 0.5) is 5.95 Å². The fourth-order valence-corrected chi connectivity index (χ4v) is 3.16. The van der Waals surface area contributed by atoms with Crippen molar-refractivity contribution in [3.05, 3.63) is 36.0 Å². The lowest BCUT2D eigenvalue weighted by Crippen LogP contribution is -2.43. The molecule has 5 N–H and O–H groups in total. The number of ether oxygens (including phenoxy) is 1. The molecule has 0 spiro atoms. The highest BCUT2D eigenvalue weighted by Crippen LogP contribution is 2.19. The molecular formula is C16H18N6O3S. The number of H-pyrrole nitrogens is 2. The van der Waals surface area contributed by atoms with Gasteiger partial charge >= 0.3 is 5.97 Å². The Labute approximate surface area is 153 Å². The lowest BCUT2D eigenvalue weighted by atomic mass is 10.0. The summed E-state index contributed by atoms with van der Waals surface area (Å²) < 4.78 is 4.82. The lowest BCUT2D eigenvalue weighted by molar-refractivity contribution is -0.144. The van der Waals surface area contributed by atoms with Gasteiger partial charge < -0.3 is 20.8 Å². The van der Waals surface area contributed by atoms with Crippen molar-refractivity contribution in [1.29, 1.82) is 0 Å². The van der Waals surface area contributed by atoms with Crippen molar-refractivity contribution >= 4 is 40.5 Å². The molecule has 0 bridgehead atoms. The Morgan fingerprint density at radius 3 is 2.92 bits per heavy atom. The van der Waals surface area contributed by atoms with Crippen molar-refractivity contribution in [2.45, 2.75) is 17.6 Å². The van der Waals surface area contributed by atoms with Crippen LogP contribution in [0.1, 0.15) is 5.56 Å². The maximum absolute atomic E-state index is 12.2. The first-order chi connectivity index (χ1) is 12.6. The summed E-state index contributed by atoms with van der Waals surface area (Å²) in [7, 11) is 1.29. The van der Waals surface area contributed by atoms with Crippen LogP contribution in [0.15, 0.2) is 35.6 Å². The highest BCUT2D eigenvalue weighted by atomic mass is 32.2. The Balaban J connectivity index is 1.66. The van der Waals surface area contributed by atoms with Gasteiger partial charge in [-0.3, -0.25) is 4.79 Å². The van der Waals surface area contributed by atoms with Crippen LogP contribution in [0.25, 0.3) is 10.9 Å². The number of benzene rings is 1. The predicted molar refractivity (Wildman–Crippen MR) is 97.5 cm³/mol. The van der Waals surface area contributed by atoms with E-state index in [1.807, 2.05) is 30.5 Å². The van der Waals surface area contributed by atoms with Crippen LogP contribution in [0.2, 0.25) is 0 Å². The van der Waals surface area contributed by atoms with Gasteiger partial charge in [0.1, 0.15) is 6.04 Å². The average Bonchev–Trinajstić information content (AvgIpc) is 3.25. The number of carbonyl (C=O) groups is 2. The van der Waals surface area contributed by atoms with Gasteiger partial charge in [0, 0.05) is 23.5 Å². The second kappa shape index (κ2) is 7.91. The molecule has 0 aliphatic rings. The van der Waals surface area contributed by atoms with E-state index < -0.39 is 12.0 Å². The minimum Gasteiger partial charge on any atom is -0.467 e. The number of esters is 1. The second-order valence-electron chi connectivity index (χ2n) is 5.50. The third kappa shape index (κ3) is 4.14. The Bertz CT molecular complexity index is 922. The molecular weight excluding hydrogens is 356 g/mol. The number of amides is 1. The van der Waals surface area contributed by atoms with E-state index in [-0.39, 0.29) is 17.6 Å². The largest absolute Gasteiger partial charge is 0.467 e. The number of methoxy groups -OCH3 is 1. The molecule has 2 aromatic heterocycles. The van der Waals surface area contributed by atoms with Crippen LogP contribution in [0, 0.1) is 0 Å². The second-order valence-corrected chi connectivity index (χ2v) is 6.44. The van der Waals surface area contributed by atoms with Crippen molar-refractivity contribution in [1.82, 2.24) is 25.5 Å². The van der Waals surface area contributed by atoms with E-state index >= 15 is 0 Å².